The van der Waals surface area contributed by atoms with Crippen LogP contribution in [0.2, 0.25) is 5.02 Å². The summed E-state index contributed by atoms with van der Waals surface area (Å²) in [4.78, 5) is 17.5. The third-order valence-corrected chi connectivity index (χ3v) is 9.68. The Morgan fingerprint density at radius 3 is 2.94 bits per heavy atom. The molecule has 0 radical (unpaired) electrons. The minimum absolute atomic E-state index is 0.0910. The van der Waals surface area contributed by atoms with Gasteiger partial charge >= 0.3 is 0 Å². The maximum absolute atomic E-state index is 13.7. The second kappa shape index (κ2) is 7.47. The van der Waals surface area contributed by atoms with Crippen molar-refractivity contribution < 1.29 is 9.18 Å². The first kappa shape index (κ1) is 20.5. The van der Waals surface area contributed by atoms with Crippen molar-refractivity contribution in [3.05, 3.63) is 40.2 Å². The summed E-state index contributed by atoms with van der Waals surface area (Å²) in [6, 6.07) is 4.78. The number of hydrogen-bond acceptors (Lipinski definition) is 5. The van der Waals surface area contributed by atoms with Gasteiger partial charge in [0.1, 0.15) is 17.5 Å². The van der Waals surface area contributed by atoms with Gasteiger partial charge in [0.2, 0.25) is 5.95 Å². The van der Waals surface area contributed by atoms with Crippen LogP contribution in [0.5, 0.6) is 0 Å². The minimum atomic E-state index is -0.814. The fraction of sp³-hybridized carbons (Fsp3) is 0.522. The van der Waals surface area contributed by atoms with Crippen LogP contribution in [0.3, 0.4) is 0 Å². The molecule has 1 spiro atoms. The zero-order valence-corrected chi connectivity index (χ0v) is 19.0. The summed E-state index contributed by atoms with van der Waals surface area (Å²) in [5.74, 6) is 0.347. The molecule has 1 aliphatic heterocycles. The smallest absolute Gasteiger partial charge is 0.273 e. The zero-order chi connectivity index (χ0) is 22.0. The number of carbonyl (C=O) groups excluding carboxylic acids is 1. The standard InChI is InChI=1S/C23H23ClFN5OS/c24-18-20(22(31)28-12-9-13(11-26)27-17(25)10-12)30-8-2-4-16(30)21(18)32-29-19-14-3-1-6-23(14)7-5-15(19)23/h9-10,14-15,19,29H,1-8H2,(H,27,28,31). The lowest BCUT2D eigenvalue weighted by Gasteiger charge is -2.66. The predicted octanol–water partition coefficient (Wildman–Crippen LogP) is 4.92. The summed E-state index contributed by atoms with van der Waals surface area (Å²) in [5, 5.41) is 12.1. The van der Waals surface area contributed by atoms with Crippen LogP contribution in [0, 0.1) is 34.5 Å². The Hall–Kier alpha value is -2.08. The number of pyridine rings is 1. The van der Waals surface area contributed by atoms with Crippen LogP contribution in [0.15, 0.2) is 17.0 Å². The van der Waals surface area contributed by atoms with E-state index in [-0.39, 0.29) is 11.4 Å². The van der Waals surface area contributed by atoms with Gasteiger partial charge in [-0.1, -0.05) is 18.0 Å². The number of anilines is 1. The van der Waals surface area contributed by atoms with Gasteiger partial charge < -0.3 is 9.88 Å². The summed E-state index contributed by atoms with van der Waals surface area (Å²) in [5.41, 5.74) is 2.20. The lowest BCUT2D eigenvalue weighted by Crippen LogP contribution is -2.67. The molecule has 4 aliphatic rings. The molecule has 4 atom stereocenters. The molecule has 6 nitrogen and oxygen atoms in total. The predicted molar refractivity (Wildman–Crippen MR) is 120 cm³/mol. The molecule has 4 unspecified atom stereocenters. The largest absolute Gasteiger partial charge is 0.338 e. The van der Waals surface area contributed by atoms with Gasteiger partial charge in [0.05, 0.1) is 9.92 Å². The van der Waals surface area contributed by atoms with Crippen LogP contribution in [-0.4, -0.2) is 21.5 Å². The minimum Gasteiger partial charge on any atom is -0.338 e. The number of halogens is 2. The lowest BCUT2D eigenvalue weighted by molar-refractivity contribution is -0.145. The summed E-state index contributed by atoms with van der Waals surface area (Å²) in [6.07, 6.45) is 8.59. The van der Waals surface area contributed by atoms with E-state index in [4.69, 9.17) is 16.9 Å². The lowest BCUT2D eigenvalue weighted by atomic mass is 9.41. The van der Waals surface area contributed by atoms with Gasteiger partial charge in [0.25, 0.3) is 5.91 Å². The number of nitrogens with one attached hydrogen (secondary N) is 2. The molecular weight excluding hydrogens is 449 g/mol. The normalized spacial score (nSPS) is 29.3. The first-order valence-electron chi connectivity index (χ1n) is 11.2. The van der Waals surface area contributed by atoms with Crippen molar-refractivity contribution in [2.24, 2.45) is 17.3 Å². The zero-order valence-electron chi connectivity index (χ0n) is 17.5. The molecule has 32 heavy (non-hydrogen) atoms. The van der Waals surface area contributed by atoms with Gasteiger partial charge in [-0.2, -0.15) is 9.65 Å². The summed E-state index contributed by atoms with van der Waals surface area (Å²) < 4.78 is 19.4. The van der Waals surface area contributed by atoms with Crippen molar-refractivity contribution in [1.29, 1.82) is 5.26 Å². The number of aromatic nitrogens is 2. The van der Waals surface area contributed by atoms with E-state index < -0.39 is 11.9 Å². The molecule has 2 aromatic heterocycles. The third kappa shape index (κ3) is 2.87. The van der Waals surface area contributed by atoms with E-state index in [1.54, 1.807) is 18.0 Å². The van der Waals surface area contributed by atoms with E-state index >= 15 is 0 Å². The quantitative estimate of drug-likeness (QED) is 0.477. The van der Waals surface area contributed by atoms with E-state index in [1.807, 2.05) is 4.57 Å². The van der Waals surface area contributed by atoms with Gasteiger partial charge in [-0.25, -0.2) is 4.98 Å². The van der Waals surface area contributed by atoms with Crippen LogP contribution < -0.4 is 10.0 Å². The molecule has 0 aromatic carbocycles. The molecule has 0 bridgehead atoms. The number of hydrogen-bond donors (Lipinski definition) is 2. The van der Waals surface area contributed by atoms with Crippen molar-refractivity contribution in [2.45, 2.75) is 62.4 Å². The molecule has 3 aliphatic carbocycles. The maximum atomic E-state index is 13.7. The third-order valence-electron chi connectivity index (χ3n) is 8.16. The van der Waals surface area contributed by atoms with Crippen LogP contribution in [-0.2, 0) is 13.0 Å². The molecule has 3 heterocycles. The van der Waals surface area contributed by atoms with Crippen LogP contribution in [0.25, 0.3) is 0 Å². The van der Waals surface area contributed by atoms with E-state index in [0.29, 0.717) is 22.2 Å². The van der Waals surface area contributed by atoms with Crippen molar-refractivity contribution in [3.8, 4) is 6.07 Å². The molecule has 3 saturated carbocycles. The average Bonchev–Trinajstić information content (AvgIpc) is 3.44. The van der Waals surface area contributed by atoms with Crippen LogP contribution in [0.4, 0.5) is 10.1 Å². The van der Waals surface area contributed by atoms with Gasteiger partial charge in [-0.15, -0.1) is 0 Å². The van der Waals surface area contributed by atoms with E-state index in [2.05, 4.69) is 15.0 Å². The first-order valence-corrected chi connectivity index (χ1v) is 12.4. The average molecular weight is 472 g/mol. The van der Waals surface area contributed by atoms with E-state index in [1.165, 1.54) is 38.2 Å². The van der Waals surface area contributed by atoms with E-state index in [9.17, 15) is 9.18 Å². The van der Waals surface area contributed by atoms with Gasteiger partial charge in [0.15, 0.2) is 0 Å². The monoisotopic (exact) mass is 471 g/mol. The second-order valence-corrected chi connectivity index (χ2v) is 10.7. The van der Waals surface area contributed by atoms with Crippen LogP contribution >= 0.6 is 23.5 Å². The van der Waals surface area contributed by atoms with E-state index in [0.717, 1.165) is 47.9 Å². The SMILES string of the molecule is N#Cc1cc(NC(=O)c2c(Cl)c(SNC3C4CCCC45CCC35)c3n2CCC3)cc(F)n1. The number of amides is 1. The van der Waals surface area contributed by atoms with Gasteiger partial charge in [-0.3, -0.25) is 9.52 Å². The molecule has 2 N–H and O–H groups in total. The van der Waals surface area contributed by atoms with Gasteiger partial charge in [0, 0.05) is 30.0 Å². The number of carbonyl (C=O) groups is 1. The molecule has 0 saturated heterocycles. The number of rotatable bonds is 5. The fourth-order valence-corrected chi connectivity index (χ4v) is 8.27. The molecule has 1 amide bonds. The Bertz CT molecular complexity index is 1180. The second-order valence-electron chi connectivity index (χ2n) is 9.45. The Morgan fingerprint density at radius 1 is 1.31 bits per heavy atom. The van der Waals surface area contributed by atoms with Crippen molar-refractivity contribution >= 4 is 35.1 Å². The Labute approximate surface area is 195 Å². The summed E-state index contributed by atoms with van der Waals surface area (Å²) in [6.45, 7) is 0.726. The Kier molecular flexibility index (Phi) is 4.79. The van der Waals surface area contributed by atoms with Crippen LogP contribution in [0.1, 0.15) is 60.4 Å². The highest BCUT2D eigenvalue weighted by atomic mass is 35.5. The molecule has 6 rings (SSSR count). The molecule has 3 fully saturated rings. The highest BCUT2D eigenvalue weighted by molar-refractivity contribution is 7.97. The molecular formula is C23H23ClFN5OS. The van der Waals surface area contributed by atoms with Gasteiger partial charge in [-0.05, 0) is 73.8 Å². The first-order chi connectivity index (χ1) is 15.5. The topological polar surface area (TPSA) is 82.7 Å². The highest BCUT2D eigenvalue weighted by Crippen LogP contribution is 2.71. The fourth-order valence-electron chi connectivity index (χ4n) is 6.76. The number of fused-ring (bicyclic) bond motifs is 1. The highest BCUT2D eigenvalue weighted by Gasteiger charge is 2.67. The molecule has 9 heteroatoms. The molecule has 2 aromatic rings. The Morgan fingerprint density at radius 2 is 2.16 bits per heavy atom. The molecule has 166 valence electrons. The van der Waals surface area contributed by atoms with Crippen molar-refractivity contribution in [1.82, 2.24) is 14.3 Å². The van der Waals surface area contributed by atoms with Crippen molar-refractivity contribution in [2.75, 3.05) is 5.32 Å². The Balaban J connectivity index is 1.23. The maximum Gasteiger partial charge on any atom is 0.273 e. The summed E-state index contributed by atoms with van der Waals surface area (Å²) in [7, 11) is 0. The van der Waals surface area contributed by atoms with Crippen molar-refractivity contribution in [3.63, 3.8) is 0 Å². The number of nitriles is 1. The number of nitrogens with zero attached hydrogens (tertiary/aromatic N) is 3. The summed E-state index contributed by atoms with van der Waals surface area (Å²) >= 11 is 8.33.